The SMILES string of the molecule is Cc1cc(N)cc(C(=O)NCC(=O)NC2CC2)c1F. The molecule has 0 aliphatic heterocycles. The van der Waals surface area contributed by atoms with Crippen LogP contribution in [0.15, 0.2) is 12.1 Å². The number of carbonyl (C=O) groups is 2. The predicted molar refractivity (Wildman–Crippen MR) is 69.0 cm³/mol. The molecule has 1 aliphatic rings. The molecule has 102 valence electrons. The Morgan fingerprint density at radius 1 is 1.42 bits per heavy atom. The number of nitrogens with two attached hydrogens (primary N) is 1. The lowest BCUT2D eigenvalue weighted by Gasteiger charge is -2.09. The Morgan fingerprint density at radius 3 is 2.74 bits per heavy atom. The predicted octanol–water partition coefficient (Wildman–Crippen LogP) is 0.725. The Kier molecular flexibility index (Phi) is 3.69. The summed E-state index contributed by atoms with van der Waals surface area (Å²) in [4.78, 5) is 23.2. The first-order valence-corrected chi connectivity index (χ1v) is 6.10. The topological polar surface area (TPSA) is 84.2 Å². The molecule has 4 N–H and O–H groups in total. The van der Waals surface area contributed by atoms with E-state index in [2.05, 4.69) is 10.6 Å². The summed E-state index contributed by atoms with van der Waals surface area (Å²) in [5.74, 6) is -1.52. The van der Waals surface area contributed by atoms with E-state index in [1.807, 2.05) is 0 Å². The van der Waals surface area contributed by atoms with Gasteiger partial charge in [0.1, 0.15) is 5.82 Å². The van der Waals surface area contributed by atoms with Gasteiger partial charge in [-0.3, -0.25) is 9.59 Å². The highest BCUT2D eigenvalue weighted by Crippen LogP contribution is 2.18. The van der Waals surface area contributed by atoms with Crippen molar-refractivity contribution < 1.29 is 14.0 Å². The minimum absolute atomic E-state index is 0.142. The molecule has 0 radical (unpaired) electrons. The van der Waals surface area contributed by atoms with Crippen LogP contribution in [0.4, 0.5) is 10.1 Å². The molecule has 0 unspecified atom stereocenters. The van der Waals surface area contributed by atoms with Crippen molar-refractivity contribution >= 4 is 17.5 Å². The van der Waals surface area contributed by atoms with Gasteiger partial charge in [0, 0.05) is 11.7 Å². The van der Waals surface area contributed by atoms with Crippen molar-refractivity contribution in [1.82, 2.24) is 10.6 Å². The lowest BCUT2D eigenvalue weighted by molar-refractivity contribution is -0.120. The van der Waals surface area contributed by atoms with Crippen molar-refractivity contribution in [3.05, 3.63) is 29.1 Å². The number of rotatable bonds is 4. The highest BCUT2D eigenvalue weighted by Gasteiger charge is 2.23. The van der Waals surface area contributed by atoms with E-state index in [1.165, 1.54) is 19.1 Å². The monoisotopic (exact) mass is 265 g/mol. The van der Waals surface area contributed by atoms with Crippen molar-refractivity contribution in [1.29, 1.82) is 0 Å². The van der Waals surface area contributed by atoms with Gasteiger partial charge in [-0.25, -0.2) is 4.39 Å². The first kappa shape index (κ1) is 13.3. The number of halogens is 1. The van der Waals surface area contributed by atoms with Crippen LogP contribution >= 0.6 is 0 Å². The quantitative estimate of drug-likeness (QED) is 0.701. The second kappa shape index (κ2) is 5.26. The summed E-state index contributed by atoms with van der Waals surface area (Å²) in [6, 6.07) is 2.94. The van der Waals surface area contributed by atoms with Crippen LogP contribution in [-0.4, -0.2) is 24.4 Å². The number of amides is 2. The Morgan fingerprint density at radius 2 is 2.11 bits per heavy atom. The molecule has 0 heterocycles. The molecule has 1 fully saturated rings. The summed E-state index contributed by atoms with van der Waals surface area (Å²) >= 11 is 0. The van der Waals surface area contributed by atoms with Crippen LogP contribution in [0.5, 0.6) is 0 Å². The molecule has 0 spiro atoms. The maximum atomic E-state index is 13.8. The summed E-state index contributed by atoms with van der Waals surface area (Å²) in [6.45, 7) is 1.37. The summed E-state index contributed by atoms with van der Waals surface area (Å²) in [6.07, 6.45) is 1.95. The second-order valence-corrected chi connectivity index (χ2v) is 4.72. The summed E-state index contributed by atoms with van der Waals surface area (Å²) in [5.41, 5.74) is 6.04. The fourth-order valence-corrected chi connectivity index (χ4v) is 1.72. The van der Waals surface area contributed by atoms with Crippen molar-refractivity contribution in [2.75, 3.05) is 12.3 Å². The van der Waals surface area contributed by atoms with Gasteiger partial charge >= 0.3 is 0 Å². The van der Waals surface area contributed by atoms with Crippen LogP contribution in [0.1, 0.15) is 28.8 Å². The lowest BCUT2D eigenvalue weighted by Crippen LogP contribution is -2.38. The van der Waals surface area contributed by atoms with Gasteiger partial charge in [0.15, 0.2) is 0 Å². The van der Waals surface area contributed by atoms with Crippen LogP contribution in [0.3, 0.4) is 0 Å². The van der Waals surface area contributed by atoms with Crippen LogP contribution < -0.4 is 16.4 Å². The largest absolute Gasteiger partial charge is 0.399 e. The van der Waals surface area contributed by atoms with Crippen molar-refractivity contribution in [2.24, 2.45) is 0 Å². The molecule has 2 rings (SSSR count). The normalized spacial score (nSPS) is 14.0. The molecule has 6 heteroatoms. The molecule has 0 atom stereocenters. The molecule has 5 nitrogen and oxygen atoms in total. The third-order valence-electron chi connectivity index (χ3n) is 2.87. The smallest absolute Gasteiger partial charge is 0.254 e. The zero-order valence-corrected chi connectivity index (χ0v) is 10.6. The summed E-state index contributed by atoms with van der Waals surface area (Å²) in [7, 11) is 0. The van der Waals surface area contributed by atoms with Gasteiger partial charge in [-0.2, -0.15) is 0 Å². The number of nitrogens with one attached hydrogen (secondary N) is 2. The highest BCUT2D eigenvalue weighted by atomic mass is 19.1. The van der Waals surface area contributed by atoms with E-state index in [-0.39, 0.29) is 24.1 Å². The maximum Gasteiger partial charge on any atom is 0.254 e. The molecule has 19 heavy (non-hydrogen) atoms. The van der Waals surface area contributed by atoms with Crippen LogP contribution in [0.2, 0.25) is 0 Å². The molecule has 2 amide bonds. The Labute approximate surface area is 110 Å². The van der Waals surface area contributed by atoms with E-state index < -0.39 is 11.7 Å². The average molecular weight is 265 g/mol. The van der Waals surface area contributed by atoms with Gasteiger partial charge in [0.05, 0.1) is 12.1 Å². The molecule has 0 aromatic heterocycles. The van der Waals surface area contributed by atoms with E-state index in [4.69, 9.17) is 5.73 Å². The van der Waals surface area contributed by atoms with E-state index in [9.17, 15) is 14.0 Å². The molecule has 1 aliphatic carbocycles. The number of anilines is 1. The number of nitrogen functional groups attached to an aromatic ring is 1. The fraction of sp³-hybridized carbons (Fsp3) is 0.385. The highest BCUT2D eigenvalue weighted by molar-refractivity contribution is 5.97. The van der Waals surface area contributed by atoms with Crippen molar-refractivity contribution in [2.45, 2.75) is 25.8 Å². The first-order chi connectivity index (χ1) is 8.97. The average Bonchev–Trinajstić information content (AvgIpc) is 3.14. The number of carbonyl (C=O) groups excluding carboxylic acids is 2. The molecule has 1 aromatic rings. The van der Waals surface area contributed by atoms with E-state index in [0.717, 1.165) is 12.8 Å². The molecule has 0 saturated heterocycles. The van der Waals surface area contributed by atoms with Crippen molar-refractivity contribution in [3.63, 3.8) is 0 Å². The standard InChI is InChI=1S/C13H16FN3O2/c1-7-4-8(15)5-10(12(7)14)13(19)16-6-11(18)17-9-2-3-9/h4-5,9H,2-3,6,15H2,1H3,(H,16,19)(H,17,18). The molecular weight excluding hydrogens is 249 g/mol. The summed E-state index contributed by atoms with van der Waals surface area (Å²) < 4.78 is 13.8. The fourth-order valence-electron chi connectivity index (χ4n) is 1.72. The molecule has 1 saturated carbocycles. The second-order valence-electron chi connectivity index (χ2n) is 4.72. The van der Waals surface area contributed by atoms with Crippen LogP contribution in [0, 0.1) is 12.7 Å². The number of hydrogen-bond acceptors (Lipinski definition) is 3. The Balaban J connectivity index is 1.97. The minimum atomic E-state index is -0.640. The van der Waals surface area contributed by atoms with Crippen LogP contribution in [-0.2, 0) is 4.79 Å². The Hall–Kier alpha value is -2.11. The number of hydrogen-bond donors (Lipinski definition) is 3. The third-order valence-corrected chi connectivity index (χ3v) is 2.87. The van der Waals surface area contributed by atoms with Gasteiger partial charge in [-0.1, -0.05) is 0 Å². The van der Waals surface area contributed by atoms with E-state index in [0.29, 0.717) is 11.3 Å². The minimum Gasteiger partial charge on any atom is -0.399 e. The number of aryl methyl sites for hydroxylation is 1. The first-order valence-electron chi connectivity index (χ1n) is 6.10. The summed E-state index contributed by atoms with van der Waals surface area (Å²) in [5, 5.41) is 5.11. The van der Waals surface area contributed by atoms with Gasteiger partial charge in [-0.15, -0.1) is 0 Å². The van der Waals surface area contributed by atoms with Gasteiger partial charge < -0.3 is 16.4 Å². The van der Waals surface area contributed by atoms with Gasteiger partial charge in [0.25, 0.3) is 5.91 Å². The van der Waals surface area contributed by atoms with E-state index >= 15 is 0 Å². The molecule has 0 bridgehead atoms. The zero-order chi connectivity index (χ0) is 14.0. The van der Waals surface area contributed by atoms with Crippen molar-refractivity contribution in [3.8, 4) is 0 Å². The van der Waals surface area contributed by atoms with Crippen LogP contribution in [0.25, 0.3) is 0 Å². The van der Waals surface area contributed by atoms with Gasteiger partial charge in [-0.05, 0) is 37.5 Å². The third kappa shape index (κ3) is 3.43. The molecule has 1 aromatic carbocycles. The number of benzene rings is 1. The zero-order valence-electron chi connectivity index (χ0n) is 10.6. The van der Waals surface area contributed by atoms with E-state index in [1.54, 1.807) is 0 Å². The maximum absolute atomic E-state index is 13.8. The van der Waals surface area contributed by atoms with Gasteiger partial charge in [0.2, 0.25) is 5.91 Å². The molecular formula is C13H16FN3O2. The Bertz CT molecular complexity index is 527. The lowest BCUT2D eigenvalue weighted by atomic mass is 10.1.